The molecule has 0 fully saturated rings. The maximum absolute atomic E-state index is 10.7. The van der Waals surface area contributed by atoms with E-state index < -0.39 is 5.97 Å². The first-order valence-electron chi connectivity index (χ1n) is 4.42. The van der Waals surface area contributed by atoms with Gasteiger partial charge in [-0.05, 0) is 36.4 Å². The Hall–Kier alpha value is -0.970. The molecule has 0 radical (unpaired) electrons. The Balaban J connectivity index is 2.14. The summed E-state index contributed by atoms with van der Waals surface area (Å²) >= 11 is 8.58. The molecule has 0 bridgehead atoms. The fourth-order valence-corrected chi connectivity index (χ4v) is 3.18. The summed E-state index contributed by atoms with van der Waals surface area (Å²) in [6.07, 6.45) is 0. The Morgan fingerprint density at radius 1 is 1.19 bits per heavy atom. The molecule has 0 saturated carbocycles. The lowest BCUT2D eigenvalue weighted by atomic mass is 10.4. The van der Waals surface area contributed by atoms with E-state index in [4.69, 9.17) is 16.7 Å². The highest BCUT2D eigenvalue weighted by molar-refractivity contribution is 8.01. The molecule has 2 nitrogen and oxygen atoms in total. The molecule has 1 aromatic heterocycles. The van der Waals surface area contributed by atoms with Crippen LogP contribution in [-0.4, -0.2) is 11.1 Å². The van der Waals surface area contributed by atoms with Crippen LogP contribution >= 0.6 is 34.7 Å². The van der Waals surface area contributed by atoms with Crippen molar-refractivity contribution in [2.24, 2.45) is 0 Å². The number of hydrogen-bond acceptors (Lipinski definition) is 3. The van der Waals surface area contributed by atoms with Gasteiger partial charge in [-0.15, -0.1) is 11.3 Å². The second kappa shape index (κ2) is 4.91. The van der Waals surface area contributed by atoms with Crippen molar-refractivity contribution in [3.8, 4) is 0 Å². The Morgan fingerprint density at radius 3 is 2.44 bits per heavy atom. The monoisotopic (exact) mass is 270 g/mol. The van der Waals surface area contributed by atoms with Gasteiger partial charge in [0, 0.05) is 9.92 Å². The van der Waals surface area contributed by atoms with E-state index in [0.29, 0.717) is 9.90 Å². The van der Waals surface area contributed by atoms with E-state index in [1.165, 1.54) is 23.1 Å². The van der Waals surface area contributed by atoms with E-state index in [-0.39, 0.29) is 0 Å². The topological polar surface area (TPSA) is 37.3 Å². The Kier molecular flexibility index (Phi) is 3.53. The smallest absolute Gasteiger partial charge is 0.345 e. The van der Waals surface area contributed by atoms with Crippen LogP contribution in [0.5, 0.6) is 0 Å². The SMILES string of the molecule is O=C(O)c1ccc(Sc2ccc(Cl)cc2)s1. The summed E-state index contributed by atoms with van der Waals surface area (Å²) in [7, 11) is 0. The van der Waals surface area contributed by atoms with E-state index in [9.17, 15) is 4.79 Å². The molecule has 0 amide bonds. The maximum atomic E-state index is 10.7. The van der Waals surface area contributed by atoms with Crippen molar-refractivity contribution in [2.75, 3.05) is 0 Å². The average Bonchev–Trinajstić information content (AvgIpc) is 2.70. The van der Waals surface area contributed by atoms with Gasteiger partial charge in [-0.2, -0.15) is 0 Å². The third kappa shape index (κ3) is 2.78. The molecule has 1 aromatic carbocycles. The van der Waals surface area contributed by atoms with Crippen LogP contribution in [0.3, 0.4) is 0 Å². The predicted octanol–water partition coefficient (Wildman–Crippen LogP) is 4.25. The number of rotatable bonds is 3. The summed E-state index contributed by atoms with van der Waals surface area (Å²) in [5, 5.41) is 9.48. The van der Waals surface area contributed by atoms with Crippen LogP contribution in [0.2, 0.25) is 5.02 Å². The lowest BCUT2D eigenvalue weighted by molar-refractivity contribution is 0.0702. The normalized spacial score (nSPS) is 10.3. The first-order chi connectivity index (χ1) is 7.65. The third-order valence-electron chi connectivity index (χ3n) is 1.82. The van der Waals surface area contributed by atoms with E-state index in [2.05, 4.69) is 0 Å². The van der Waals surface area contributed by atoms with Gasteiger partial charge in [-0.3, -0.25) is 0 Å². The minimum atomic E-state index is -0.882. The minimum absolute atomic E-state index is 0.358. The number of halogens is 1. The summed E-state index contributed by atoms with van der Waals surface area (Å²) in [5.41, 5.74) is 0. The van der Waals surface area contributed by atoms with Crippen molar-refractivity contribution < 1.29 is 9.90 Å². The van der Waals surface area contributed by atoms with E-state index >= 15 is 0 Å². The van der Waals surface area contributed by atoms with Crippen LogP contribution in [0, 0.1) is 0 Å². The second-order valence-corrected chi connectivity index (χ2v) is 5.87. The van der Waals surface area contributed by atoms with Crippen molar-refractivity contribution in [1.29, 1.82) is 0 Å². The predicted molar refractivity (Wildman–Crippen MR) is 66.9 cm³/mol. The molecule has 2 rings (SSSR count). The van der Waals surface area contributed by atoms with Crippen LogP contribution in [0.1, 0.15) is 9.67 Å². The van der Waals surface area contributed by atoms with Gasteiger partial charge >= 0.3 is 5.97 Å². The molecule has 0 spiro atoms. The number of aromatic carboxylic acids is 1. The van der Waals surface area contributed by atoms with Gasteiger partial charge in [0.2, 0.25) is 0 Å². The molecule has 0 atom stereocenters. The number of benzene rings is 1. The van der Waals surface area contributed by atoms with Gasteiger partial charge in [-0.25, -0.2) is 4.79 Å². The standard InChI is InChI=1S/C11H7ClO2S2/c12-7-1-3-8(4-2-7)15-10-6-5-9(16-10)11(13)14/h1-6H,(H,13,14). The maximum Gasteiger partial charge on any atom is 0.345 e. The number of carboxylic acids is 1. The van der Waals surface area contributed by atoms with Crippen molar-refractivity contribution in [1.82, 2.24) is 0 Å². The highest BCUT2D eigenvalue weighted by Crippen LogP contribution is 2.33. The van der Waals surface area contributed by atoms with Crippen molar-refractivity contribution in [2.45, 2.75) is 9.10 Å². The molecule has 5 heteroatoms. The number of hydrogen-bond donors (Lipinski definition) is 1. The highest BCUT2D eigenvalue weighted by Gasteiger charge is 2.07. The van der Waals surface area contributed by atoms with Crippen LogP contribution in [0.4, 0.5) is 0 Å². The molecule has 1 N–H and O–H groups in total. The molecular weight excluding hydrogens is 264 g/mol. The number of carboxylic acid groups (broad SMARTS) is 1. The average molecular weight is 271 g/mol. The molecule has 16 heavy (non-hydrogen) atoms. The van der Waals surface area contributed by atoms with Crippen LogP contribution in [0.25, 0.3) is 0 Å². The van der Waals surface area contributed by atoms with Gasteiger partial charge in [0.05, 0.1) is 4.21 Å². The van der Waals surface area contributed by atoms with Crippen molar-refractivity contribution in [3.05, 3.63) is 46.3 Å². The Bertz CT molecular complexity index is 505. The number of thiophene rings is 1. The largest absolute Gasteiger partial charge is 0.477 e. The third-order valence-corrected chi connectivity index (χ3v) is 4.29. The molecule has 1 heterocycles. The van der Waals surface area contributed by atoms with Gasteiger partial charge < -0.3 is 5.11 Å². The molecule has 0 aliphatic carbocycles. The lowest BCUT2D eigenvalue weighted by Crippen LogP contribution is -1.89. The van der Waals surface area contributed by atoms with E-state index in [0.717, 1.165) is 9.10 Å². The van der Waals surface area contributed by atoms with Crippen molar-refractivity contribution >= 4 is 40.7 Å². The molecule has 0 aliphatic heterocycles. The minimum Gasteiger partial charge on any atom is -0.477 e. The van der Waals surface area contributed by atoms with Gasteiger partial charge in [0.1, 0.15) is 4.88 Å². The first kappa shape index (κ1) is 11.5. The molecule has 0 aliphatic rings. The van der Waals surface area contributed by atoms with Gasteiger partial charge in [0.25, 0.3) is 0 Å². The number of carbonyl (C=O) groups is 1. The summed E-state index contributed by atoms with van der Waals surface area (Å²) in [6.45, 7) is 0. The zero-order valence-corrected chi connectivity index (χ0v) is 10.4. The Morgan fingerprint density at radius 2 is 1.88 bits per heavy atom. The van der Waals surface area contributed by atoms with Crippen molar-refractivity contribution in [3.63, 3.8) is 0 Å². The summed E-state index contributed by atoms with van der Waals surface area (Å²) in [6, 6.07) is 10.9. The van der Waals surface area contributed by atoms with Crippen LogP contribution in [0.15, 0.2) is 45.5 Å². The molecule has 82 valence electrons. The summed E-state index contributed by atoms with van der Waals surface area (Å²) in [4.78, 5) is 12.1. The highest BCUT2D eigenvalue weighted by atomic mass is 35.5. The fourth-order valence-electron chi connectivity index (χ4n) is 1.11. The van der Waals surface area contributed by atoms with Gasteiger partial charge in [0.15, 0.2) is 0 Å². The zero-order valence-electron chi connectivity index (χ0n) is 8.01. The molecule has 2 aromatic rings. The zero-order chi connectivity index (χ0) is 11.5. The molecular formula is C11H7ClO2S2. The lowest BCUT2D eigenvalue weighted by Gasteiger charge is -1.97. The Labute approximate surface area is 106 Å². The summed E-state index contributed by atoms with van der Waals surface area (Å²) < 4.78 is 0.958. The van der Waals surface area contributed by atoms with E-state index in [1.54, 1.807) is 6.07 Å². The molecule has 0 saturated heterocycles. The van der Waals surface area contributed by atoms with Crippen LogP contribution in [-0.2, 0) is 0 Å². The van der Waals surface area contributed by atoms with Gasteiger partial charge in [-0.1, -0.05) is 23.4 Å². The first-order valence-corrected chi connectivity index (χ1v) is 6.43. The summed E-state index contributed by atoms with van der Waals surface area (Å²) in [5.74, 6) is -0.882. The molecule has 0 unspecified atom stereocenters. The fraction of sp³-hybridized carbons (Fsp3) is 0. The van der Waals surface area contributed by atoms with E-state index in [1.807, 2.05) is 30.3 Å². The van der Waals surface area contributed by atoms with Crippen LogP contribution < -0.4 is 0 Å². The second-order valence-electron chi connectivity index (χ2n) is 2.98. The quantitative estimate of drug-likeness (QED) is 0.906.